The maximum atomic E-state index is 13.3. The molecule has 4 nitrogen and oxygen atoms in total. The number of allylic oxidation sites excluding steroid dienone is 2. The molecule has 2 aliphatic carbocycles. The van der Waals surface area contributed by atoms with Gasteiger partial charge in [-0.2, -0.15) is 0 Å². The fraction of sp³-hybridized carbons (Fsp3) is 0.565. The minimum Gasteiger partial charge on any atom is -0.466 e. The van der Waals surface area contributed by atoms with Gasteiger partial charge >= 0.3 is 0 Å². The van der Waals surface area contributed by atoms with E-state index in [0.29, 0.717) is 52.6 Å². The molecule has 0 spiro atoms. The molecule has 1 aromatic rings. The van der Waals surface area contributed by atoms with Crippen LogP contribution in [-0.4, -0.2) is 22.5 Å². The second kappa shape index (κ2) is 6.57. The van der Waals surface area contributed by atoms with Crippen LogP contribution in [0.25, 0.3) is 0 Å². The van der Waals surface area contributed by atoms with Crippen LogP contribution in [0.1, 0.15) is 64.9 Å². The summed E-state index contributed by atoms with van der Waals surface area (Å²) in [6.07, 6.45) is 1.44. The lowest BCUT2D eigenvalue weighted by molar-refractivity contribution is -0.253. The number of hydrogen-bond acceptors (Lipinski definition) is 4. The predicted octanol–water partition coefficient (Wildman–Crippen LogP) is 5.44. The Morgan fingerprint density at radius 1 is 1.00 bits per heavy atom. The third kappa shape index (κ3) is 3.43. The zero-order valence-corrected chi connectivity index (χ0v) is 18.7. The van der Waals surface area contributed by atoms with Crippen LogP contribution in [0.15, 0.2) is 29.5 Å². The van der Waals surface area contributed by atoms with Gasteiger partial charge in [0.05, 0.1) is 5.92 Å². The maximum absolute atomic E-state index is 13.3. The summed E-state index contributed by atoms with van der Waals surface area (Å²) in [6, 6.07) is 5.13. The number of hydrogen-bond donors (Lipinski definition) is 1. The highest BCUT2D eigenvalue weighted by atomic mass is 35.5. The van der Waals surface area contributed by atoms with Gasteiger partial charge in [-0.05, 0) is 28.5 Å². The Morgan fingerprint density at radius 3 is 2.24 bits per heavy atom. The molecule has 6 heteroatoms. The van der Waals surface area contributed by atoms with Crippen molar-refractivity contribution in [3.05, 3.63) is 45.1 Å². The van der Waals surface area contributed by atoms with E-state index in [2.05, 4.69) is 0 Å². The van der Waals surface area contributed by atoms with Crippen molar-refractivity contribution in [2.45, 2.75) is 65.1 Å². The van der Waals surface area contributed by atoms with Gasteiger partial charge in [0, 0.05) is 47.2 Å². The average Bonchev–Trinajstić information content (AvgIpc) is 2.49. The summed E-state index contributed by atoms with van der Waals surface area (Å²) >= 11 is 13.1. The number of ether oxygens (including phenoxy) is 1. The van der Waals surface area contributed by atoms with Gasteiger partial charge in [-0.1, -0.05) is 57.0 Å². The number of aliphatic hydroxyl groups is 1. The van der Waals surface area contributed by atoms with E-state index < -0.39 is 23.0 Å². The Labute approximate surface area is 181 Å². The van der Waals surface area contributed by atoms with Crippen LogP contribution in [0, 0.1) is 16.7 Å². The third-order valence-electron chi connectivity index (χ3n) is 6.35. The molecule has 0 saturated heterocycles. The molecule has 1 saturated carbocycles. The Bertz CT molecular complexity index is 926. The lowest BCUT2D eigenvalue weighted by Gasteiger charge is -2.53. The number of halogens is 2. The number of fused-ring (bicyclic) bond motifs is 1. The maximum Gasteiger partial charge on any atom is 0.218 e. The fourth-order valence-electron chi connectivity index (χ4n) is 5.45. The molecule has 1 N–H and O–H groups in total. The molecule has 3 aliphatic rings. The first-order valence-corrected chi connectivity index (χ1v) is 10.7. The zero-order valence-electron chi connectivity index (χ0n) is 17.1. The van der Waals surface area contributed by atoms with Crippen LogP contribution >= 0.6 is 23.2 Å². The molecule has 29 heavy (non-hydrogen) atoms. The number of benzene rings is 1. The average molecular weight is 437 g/mol. The highest BCUT2D eigenvalue weighted by molar-refractivity contribution is 6.36. The lowest BCUT2D eigenvalue weighted by atomic mass is 9.59. The molecule has 0 amide bonds. The number of rotatable bonds is 1. The van der Waals surface area contributed by atoms with Crippen molar-refractivity contribution < 1.29 is 19.4 Å². The van der Waals surface area contributed by atoms with E-state index in [-0.39, 0.29) is 17.0 Å². The lowest BCUT2D eigenvalue weighted by Crippen LogP contribution is -2.58. The summed E-state index contributed by atoms with van der Waals surface area (Å²) in [5.41, 5.74) is 0.268. The van der Waals surface area contributed by atoms with E-state index in [0.717, 1.165) is 0 Å². The highest BCUT2D eigenvalue weighted by Crippen LogP contribution is 2.58. The second-order valence-electron chi connectivity index (χ2n) is 10.3. The summed E-state index contributed by atoms with van der Waals surface area (Å²) in [6.45, 7) is 7.89. The first-order chi connectivity index (χ1) is 13.3. The van der Waals surface area contributed by atoms with Gasteiger partial charge in [0.2, 0.25) is 5.79 Å². The van der Waals surface area contributed by atoms with E-state index in [9.17, 15) is 14.7 Å². The summed E-state index contributed by atoms with van der Waals surface area (Å²) in [4.78, 5) is 26.6. The molecule has 0 unspecified atom stereocenters. The van der Waals surface area contributed by atoms with Crippen LogP contribution in [0.4, 0.5) is 0 Å². The Balaban J connectivity index is 1.99. The topological polar surface area (TPSA) is 63.6 Å². The molecule has 1 aromatic carbocycles. The molecule has 1 heterocycles. The monoisotopic (exact) mass is 436 g/mol. The molecular formula is C23H26Cl2O4. The van der Waals surface area contributed by atoms with E-state index in [1.807, 2.05) is 27.7 Å². The molecule has 1 fully saturated rings. The van der Waals surface area contributed by atoms with E-state index >= 15 is 0 Å². The first-order valence-electron chi connectivity index (χ1n) is 9.98. The van der Waals surface area contributed by atoms with Crippen molar-refractivity contribution in [2.24, 2.45) is 16.7 Å². The van der Waals surface area contributed by atoms with E-state index in [1.165, 1.54) is 0 Å². The van der Waals surface area contributed by atoms with Gasteiger partial charge in [-0.3, -0.25) is 9.59 Å². The van der Waals surface area contributed by atoms with Crippen LogP contribution < -0.4 is 0 Å². The van der Waals surface area contributed by atoms with Crippen LogP contribution in [0.5, 0.6) is 0 Å². The zero-order chi connectivity index (χ0) is 21.4. The van der Waals surface area contributed by atoms with Crippen LogP contribution in [0.2, 0.25) is 10.0 Å². The Morgan fingerprint density at radius 2 is 1.62 bits per heavy atom. The van der Waals surface area contributed by atoms with Crippen molar-refractivity contribution in [2.75, 3.05) is 0 Å². The largest absolute Gasteiger partial charge is 0.466 e. The summed E-state index contributed by atoms with van der Waals surface area (Å²) in [7, 11) is 0. The van der Waals surface area contributed by atoms with Gasteiger partial charge in [0.1, 0.15) is 11.5 Å². The van der Waals surface area contributed by atoms with Crippen LogP contribution in [0.3, 0.4) is 0 Å². The van der Waals surface area contributed by atoms with Gasteiger partial charge < -0.3 is 9.84 Å². The second-order valence-corrected chi connectivity index (χ2v) is 11.1. The third-order valence-corrected chi connectivity index (χ3v) is 7.01. The molecular weight excluding hydrogens is 411 g/mol. The molecule has 0 bridgehead atoms. The van der Waals surface area contributed by atoms with E-state index in [1.54, 1.807) is 18.2 Å². The number of carbonyl (C=O) groups is 2. The Kier molecular flexibility index (Phi) is 4.73. The van der Waals surface area contributed by atoms with Gasteiger partial charge in [0.15, 0.2) is 5.78 Å². The van der Waals surface area contributed by atoms with Crippen molar-refractivity contribution >= 4 is 34.8 Å². The standard InChI is InChI=1S/C23H26Cl2O4/c1-21(2)8-14(26)18-16(10-21)29-23(28)11-22(3,4)9-15(27)20(23)19(18)17-12(24)6-5-7-13(17)25/h5-7,19-20,28H,8-11H2,1-4H3/t19-,20+,23-/m1/s1. The predicted molar refractivity (Wildman–Crippen MR) is 112 cm³/mol. The number of Topliss-reactive ketones (excluding diaryl/α,β-unsaturated/α-hetero) is 2. The van der Waals surface area contributed by atoms with Crippen molar-refractivity contribution in [3.63, 3.8) is 0 Å². The van der Waals surface area contributed by atoms with Gasteiger partial charge in [-0.25, -0.2) is 0 Å². The summed E-state index contributed by atoms with van der Waals surface area (Å²) < 4.78 is 6.13. The number of ketones is 2. The SMILES string of the molecule is CC1(C)CC(=O)C2=C(C1)O[C@]1(O)CC(C)(C)CC(=O)[C@H]1[C@@H]2c1c(Cl)cccc1Cl. The van der Waals surface area contributed by atoms with Gasteiger partial charge in [0.25, 0.3) is 0 Å². The minimum atomic E-state index is -1.70. The first kappa shape index (κ1) is 20.9. The quantitative estimate of drug-likeness (QED) is 0.635. The molecule has 1 aliphatic heterocycles. The van der Waals surface area contributed by atoms with Crippen molar-refractivity contribution in [1.82, 2.24) is 0 Å². The Hall–Kier alpha value is -1.36. The van der Waals surface area contributed by atoms with Crippen molar-refractivity contribution in [3.8, 4) is 0 Å². The van der Waals surface area contributed by atoms with E-state index in [4.69, 9.17) is 27.9 Å². The normalized spacial score (nSPS) is 33.1. The van der Waals surface area contributed by atoms with Gasteiger partial charge in [-0.15, -0.1) is 0 Å². The molecule has 4 rings (SSSR count). The number of carbonyl (C=O) groups excluding carboxylic acids is 2. The molecule has 0 aromatic heterocycles. The van der Waals surface area contributed by atoms with Crippen LogP contribution in [-0.2, 0) is 14.3 Å². The highest BCUT2D eigenvalue weighted by Gasteiger charge is 2.61. The molecule has 156 valence electrons. The molecule has 0 radical (unpaired) electrons. The minimum absolute atomic E-state index is 0.0723. The smallest absolute Gasteiger partial charge is 0.218 e. The summed E-state index contributed by atoms with van der Waals surface area (Å²) in [5.74, 6) is -3.06. The van der Waals surface area contributed by atoms with Crippen molar-refractivity contribution in [1.29, 1.82) is 0 Å². The molecule has 3 atom stereocenters. The summed E-state index contributed by atoms with van der Waals surface area (Å²) in [5, 5.41) is 12.4. The fourth-order valence-corrected chi connectivity index (χ4v) is 6.08.